The topological polar surface area (TPSA) is 84.5 Å². The largest absolute Gasteiger partial charge is 0.451 e. The minimum Gasteiger partial charge on any atom is -0.451 e. The number of carbonyl (C=O) groups excluding carboxylic acids is 3. The number of aryl methyl sites for hydroxylation is 2. The highest BCUT2D eigenvalue weighted by molar-refractivity contribution is 5.96. The SMILES string of the molecule is Cc1cccc(C(=O)NCC(=O)OC(C)C(=O)NC2CCCc3ccccc32)c1. The number of esters is 1. The van der Waals surface area contributed by atoms with Crippen LogP contribution in [0.4, 0.5) is 0 Å². The highest BCUT2D eigenvalue weighted by Gasteiger charge is 2.25. The molecule has 2 N–H and O–H groups in total. The van der Waals surface area contributed by atoms with Gasteiger partial charge in [-0.2, -0.15) is 0 Å². The molecule has 2 aromatic carbocycles. The Labute approximate surface area is 170 Å². The van der Waals surface area contributed by atoms with Crippen molar-refractivity contribution in [2.24, 2.45) is 0 Å². The van der Waals surface area contributed by atoms with Gasteiger partial charge < -0.3 is 15.4 Å². The van der Waals surface area contributed by atoms with Crippen LogP contribution in [-0.4, -0.2) is 30.4 Å². The van der Waals surface area contributed by atoms with E-state index < -0.39 is 12.1 Å². The minimum atomic E-state index is -0.938. The fourth-order valence-electron chi connectivity index (χ4n) is 3.53. The molecule has 29 heavy (non-hydrogen) atoms. The highest BCUT2D eigenvalue weighted by atomic mass is 16.5. The van der Waals surface area contributed by atoms with Gasteiger partial charge in [-0.15, -0.1) is 0 Å². The van der Waals surface area contributed by atoms with Gasteiger partial charge in [-0.1, -0.05) is 42.0 Å². The van der Waals surface area contributed by atoms with Crippen molar-refractivity contribution in [1.29, 1.82) is 0 Å². The van der Waals surface area contributed by atoms with Crippen LogP contribution in [0.25, 0.3) is 0 Å². The molecule has 0 fully saturated rings. The molecule has 0 aromatic heterocycles. The zero-order valence-corrected chi connectivity index (χ0v) is 16.7. The van der Waals surface area contributed by atoms with E-state index in [4.69, 9.17) is 4.74 Å². The van der Waals surface area contributed by atoms with Crippen LogP contribution >= 0.6 is 0 Å². The lowest BCUT2D eigenvalue weighted by Gasteiger charge is -2.27. The summed E-state index contributed by atoms with van der Waals surface area (Å²) in [5.74, 6) is -1.36. The molecule has 0 saturated carbocycles. The number of hydrogen-bond donors (Lipinski definition) is 2. The lowest BCUT2D eigenvalue weighted by Crippen LogP contribution is -2.41. The predicted octanol–water partition coefficient (Wildman–Crippen LogP) is 2.85. The van der Waals surface area contributed by atoms with Crippen LogP contribution < -0.4 is 10.6 Å². The maximum atomic E-state index is 12.5. The molecular formula is C23H26N2O4. The quantitative estimate of drug-likeness (QED) is 0.738. The van der Waals surface area contributed by atoms with Gasteiger partial charge in [0.25, 0.3) is 11.8 Å². The molecule has 3 rings (SSSR count). The molecule has 0 heterocycles. The zero-order valence-electron chi connectivity index (χ0n) is 16.7. The molecule has 2 amide bonds. The van der Waals surface area contributed by atoms with Gasteiger partial charge in [0.1, 0.15) is 6.54 Å². The molecule has 1 aliphatic carbocycles. The molecule has 2 atom stereocenters. The van der Waals surface area contributed by atoms with Crippen molar-refractivity contribution in [3.05, 3.63) is 70.8 Å². The average Bonchev–Trinajstić information content (AvgIpc) is 2.72. The molecule has 1 aliphatic rings. The van der Waals surface area contributed by atoms with Crippen LogP contribution in [0.5, 0.6) is 0 Å². The van der Waals surface area contributed by atoms with Gasteiger partial charge in [-0.25, -0.2) is 0 Å². The Balaban J connectivity index is 1.48. The van der Waals surface area contributed by atoms with E-state index in [-0.39, 0.29) is 24.4 Å². The second-order valence-corrected chi connectivity index (χ2v) is 7.34. The van der Waals surface area contributed by atoms with Crippen LogP contribution in [0.15, 0.2) is 48.5 Å². The standard InChI is InChI=1S/C23H26N2O4/c1-15-7-5-10-18(13-15)23(28)24-14-21(26)29-16(2)22(27)25-20-12-6-9-17-8-3-4-11-19(17)20/h3-5,7-8,10-11,13,16,20H,6,9,12,14H2,1-2H3,(H,24,28)(H,25,27). The second kappa shape index (κ2) is 9.37. The van der Waals surface area contributed by atoms with Gasteiger partial charge in [0.15, 0.2) is 6.10 Å². The molecule has 6 nitrogen and oxygen atoms in total. The minimum absolute atomic E-state index is 0.0744. The normalized spacial score (nSPS) is 16.3. The molecule has 0 spiro atoms. The number of benzene rings is 2. The van der Waals surface area contributed by atoms with E-state index in [1.54, 1.807) is 18.2 Å². The fourth-order valence-corrected chi connectivity index (χ4v) is 3.53. The van der Waals surface area contributed by atoms with E-state index in [0.717, 1.165) is 30.4 Å². The second-order valence-electron chi connectivity index (χ2n) is 7.34. The third-order valence-electron chi connectivity index (χ3n) is 5.04. The average molecular weight is 394 g/mol. The van der Waals surface area contributed by atoms with E-state index in [2.05, 4.69) is 16.7 Å². The fraction of sp³-hybridized carbons (Fsp3) is 0.348. The molecule has 152 valence electrons. The molecule has 0 radical (unpaired) electrons. The maximum absolute atomic E-state index is 12.5. The lowest BCUT2D eigenvalue weighted by molar-refractivity contribution is -0.154. The van der Waals surface area contributed by atoms with Crippen molar-refractivity contribution in [2.45, 2.75) is 45.3 Å². The van der Waals surface area contributed by atoms with Gasteiger partial charge in [0.2, 0.25) is 0 Å². The summed E-state index contributed by atoms with van der Waals surface area (Å²) in [6, 6.07) is 15.1. The molecule has 2 unspecified atom stereocenters. The van der Waals surface area contributed by atoms with E-state index >= 15 is 0 Å². The summed E-state index contributed by atoms with van der Waals surface area (Å²) >= 11 is 0. The smallest absolute Gasteiger partial charge is 0.326 e. The van der Waals surface area contributed by atoms with Gasteiger partial charge >= 0.3 is 5.97 Å². The van der Waals surface area contributed by atoms with Crippen LogP contribution in [0.2, 0.25) is 0 Å². The Hall–Kier alpha value is -3.15. The zero-order chi connectivity index (χ0) is 20.8. The Morgan fingerprint density at radius 1 is 1.14 bits per heavy atom. The first-order valence-corrected chi connectivity index (χ1v) is 9.86. The van der Waals surface area contributed by atoms with Crippen LogP contribution in [-0.2, 0) is 20.7 Å². The Morgan fingerprint density at radius 3 is 2.72 bits per heavy atom. The van der Waals surface area contributed by atoms with Gasteiger partial charge in [-0.05, 0) is 56.4 Å². The lowest BCUT2D eigenvalue weighted by atomic mass is 9.87. The first-order valence-electron chi connectivity index (χ1n) is 9.86. The van der Waals surface area contributed by atoms with Gasteiger partial charge in [-0.3, -0.25) is 14.4 Å². The third-order valence-corrected chi connectivity index (χ3v) is 5.04. The van der Waals surface area contributed by atoms with Crippen molar-refractivity contribution >= 4 is 17.8 Å². The summed E-state index contributed by atoms with van der Waals surface area (Å²) < 4.78 is 5.19. The van der Waals surface area contributed by atoms with Gasteiger partial charge in [0.05, 0.1) is 6.04 Å². The maximum Gasteiger partial charge on any atom is 0.326 e. The number of amides is 2. The highest BCUT2D eigenvalue weighted by Crippen LogP contribution is 2.29. The van der Waals surface area contributed by atoms with Crippen molar-refractivity contribution in [2.75, 3.05) is 6.54 Å². The Kier molecular flexibility index (Phi) is 6.65. The number of ether oxygens (including phenoxy) is 1. The summed E-state index contributed by atoms with van der Waals surface area (Å²) in [6.07, 6.45) is 1.93. The predicted molar refractivity (Wildman–Crippen MR) is 109 cm³/mol. The van der Waals surface area contributed by atoms with E-state index in [0.29, 0.717) is 5.56 Å². The number of rotatable bonds is 6. The van der Waals surface area contributed by atoms with Crippen molar-refractivity contribution in [1.82, 2.24) is 10.6 Å². The van der Waals surface area contributed by atoms with E-state index in [9.17, 15) is 14.4 Å². The first-order chi connectivity index (χ1) is 13.9. The van der Waals surface area contributed by atoms with Crippen LogP contribution in [0, 0.1) is 6.92 Å². The van der Waals surface area contributed by atoms with Crippen molar-refractivity contribution in [3.63, 3.8) is 0 Å². The number of hydrogen-bond acceptors (Lipinski definition) is 4. The van der Waals surface area contributed by atoms with Crippen LogP contribution in [0.3, 0.4) is 0 Å². The third kappa shape index (κ3) is 5.44. The monoisotopic (exact) mass is 394 g/mol. The number of nitrogens with one attached hydrogen (secondary N) is 2. The Bertz CT molecular complexity index is 909. The summed E-state index contributed by atoms with van der Waals surface area (Å²) in [4.78, 5) is 36.6. The summed E-state index contributed by atoms with van der Waals surface area (Å²) in [7, 11) is 0. The number of carbonyl (C=O) groups is 3. The molecule has 6 heteroatoms. The molecule has 0 saturated heterocycles. The molecular weight excluding hydrogens is 368 g/mol. The molecule has 0 bridgehead atoms. The summed E-state index contributed by atoms with van der Waals surface area (Å²) in [6.45, 7) is 3.12. The summed E-state index contributed by atoms with van der Waals surface area (Å²) in [5, 5.41) is 5.49. The van der Waals surface area contributed by atoms with Gasteiger partial charge in [0, 0.05) is 5.56 Å². The van der Waals surface area contributed by atoms with Crippen molar-refractivity contribution < 1.29 is 19.1 Å². The van der Waals surface area contributed by atoms with Crippen LogP contribution in [0.1, 0.15) is 52.9 Å². The Morgan fingerprint density at radius 2 is 1.93 bits per heavy atom. The molecule has 0 aliphatic heterocycles. The van der Waals surface area contributed by atoms with E-state index in [1.807, 2.05) is 31.2 Å². The first kappa shape index (κ1) is 20.6. The van der Waals surface area contributed by atoms with E-state index in [1.165, 1.54) is 12.5 Å². The van der Waals surface area contributed by atoms with Crippen molar-refractivity contribution in [3.8, 4) is 0 Å². The molecule has 2 aromatic rings. The summed E-state index contributed by atoms with van der Waals surface area (Å²) in [5.41, 5.74) is 3.79. The number of fused-ring (bicyclic) bond motifs is 1.